The van der Waals surface area contributed by atoms with Gasteiger partial charge in [0.25, 0.3) is 0 Å². The van der Waals surface area contributed by atoms with Crippen LogP contribution in [0.3, 0.4) is 0 Å². The van der Waals surface area contributed by atoms with Gasteiger partial charge in [-0.3, -0.25) is 0 Å². The first kappa shape index (κ1) is 53.5. The molecule has 4 heterocycles. The summed E-state index contributed by atoms with van der Waals surface area (Å²) in [5.41, 5.74) is 29.2. The summed E-state index contributed by atoms with van der Waals surface area (Å²) in [4.78, 5) is 21.6. The third-order valence-electron chi connectivity index (χ3n) is 19.5. The van der Waals surface area contributed by atoms with Crippen LogP contribution in [0, 0.1) is 0 Å². The number of fused-ring (bicyclic) bond motifs is 6. The fourth-order valence-electron chi connectivity index (χ4n) is 15.1. The number of hydrogen-bond donors (Lipinski definition) is 0. The fraction of sp³-hybridized carbons (Fsp3) is 0.0227. The Hall–Kier alpha value is -12.4. The molecule has 94 heavy (non-hydrogen) atoms. The largest absolute Gasteiger partial charge is 0.309 e. The van der Waals surface area contributed by atoms with Gasteiger partial charge in [0.1, 0.15) is 0 Å². The number of nitrogens with zero attached hydrogens (tertiary/aromatic N) is 6. The summed E-state index contributed by atoms with van der Waals surface area (Å²) in [5, 5.41) is 4.93. The first-order valence-electron chi connectivity index (χ1n) is 32.2. The molecule has 3 aliphatic rings. The minimum absolute atomic E-state index is 0.00694. The van der Waals surface area contributed by atoms with E-state index >= 15 is 0 Å². The summed E-state index contributed by atoms with van der Waals surface area (Å²) in [6.07, 6.45) is 0. The van der Waals surface area contributed by atoms with E-state index in [-0.39, 0.29) is 11.8 Å². The Kier molecular flexibility index (Phi) is 12.3. The zero-order chi connectivity index (χ0) is 61.8. The Bertz CT molecular complexity index is 5470. The predicted molar refractivity (Wildman–Crippen MR) is 385 cm³/mol. The van der Waals surface area contributed by atoms with Crippen LogP contribution in [0.25, 0.3) is 145 Å². The summed E-state index contributed by atoms with van der Waals surface area (Å²) in [5.74, 6) is 1.40. The van der Waals surface area contributed by atoms with Crippen molar-refractivity contribution in [2.75, 3.05) is 0 Å². The van der Waals surface area contributed by atoms with Gasteiger partial charge in [-0.15, -0.1) is 0 Å². The molecule has 6 heteroatoms. The van der Waals surface area contributed by atoms with E-state index in [1.165, 1.54) is 88.1 Å². The molecule has 6 nitrogen and oxygen atoms in total. The third kappa shape index (κ3) is 8.79. The molecular weight excluding hydrogens is 1140 g/mol. The highest BCUT2D eigenvalue weighted by Gasteiger charge is 2.42. The van der Waals surface area contributed by atoms with Gasteiger partial charge in [0.2, 0.25) is 0 Å². The van der Waals surface area contributed by atoms with Crippen LogP contribution in [0.2, 0.25) is 0 Å². The van der Waals surface area contributed by atoms with E-state index in [0.29, 0.717) is 11.6 Å². The van der Waals surface area contributed by atoms with Crippen molar-refractivity contribution in [1.29, 1.82) is 0 Å². The van der Waals surface area contributed by atoms with Crippen molar-refractivity contribution < 1.29 is 0 Å². The lowest BCUT2D eigenvalue weighted by Gasteiger charge is -2.42. The smallest absolute Gasteiger partial charge is 0.160 e. The van der Waals surface area contributed by atoms with Crippen LogP contribution in [0.1, 0.15) is 45.2 Å². The molecule has 4 aromatic heterocycles. The first-order valence-corrected chi connectivity index (χ1v) is 32.2. The van der Waals surface area contributed by atoms with Crippen molar-refractivity contribution in [2.24, 2.45) is 0 Å². The van der Waals surface area contributed by atoms with Gasteiger partial charge in [-0.25, -0.2) is 19.9 Å². The number of benzene rings is 13. The van der Waals surface area contributed by atoms with Crippen molar-refractivity contribution in [3.63, 3.8) is 0 Å². The normalized spacial score (nSPS) is 13.7. The maximum atomic E-state index is 5.43. The molecule has 0 fully saturated rings. The van der Waals surface area contributed by atoms with E-state index in [2.05, 4.69) is 337 Å². The molecule has 13 aromatic carbocycles. The zero-order valence-corrected chi connectivity index (χ0v) is 51.0. The minimum atomic E-state index is 0.00694. The summed E-state index contributed by atoms with van der Waals surface area (Å²) < 4.78 is 4.73. The summed E-state index contributed by atoms with van der Waals surface area (Å²) in [7, 11) is 0. The molecule has 438 valence electrons. The van der Waals surface area contributed by atoms with Crippen LogP contribution in [-0.4, -0.2) is 29.1 Å². The molecule has 1 unspecified atom stereocenters. The Morgan fingerprint density at radius 1 is 0.191 bits per heavy atom. The molecule has 0 radical (unpaired) electrons. The first-order chi connectivity index (χ1) is 46.6. The lowest BCUT2D eigenvalue weighted by Crippen LogP contribution is -2.27. The zero-order valence-electron chi connectivity index (χ0n) is 51.0. The molecule has 17 aromatic rings. The van der Waals surface area contributed by atoms with E-state index in [0.717, 1.165) is 78.7 Å². The Balaban J connectivity index is 0.664. The van der Waals surface area contributed by atoms with Crippen LogP contribution in [-0.2, 0) is 0 Å². The van der Waals surface area contributed by atoms with Gasteiger partial charge >= 0.3 is 0 Å². The monoisotopic (exact) mass is 1200 g/mol. The molecule has 0 saturated heterocycles. The second-order valence-corrected chi connectivity index (χ2v) is 24.8. The molecule has 0 N–H and O–H groups in total. The summed E-state index contributed by atoms with van der Waals surface area (Å²) >= 11 is 0. The van der Waals surface area contributed by atoms with Gasteiger partial charge in [0.05, 0.1) is 44.8 Å². The lowest BCUT2D eigenvalue weighted by molar-refractivity contribution is 0.754. The SMILES string of the molecule is c1ccc(-c2cc(-c3ccc(-c4ccc5c(c4)c4ccccc4n5-c4ccccc4)cc3)nc(-c3ccc4c(c3)C3c5ccccc5[C@H]4c4cc(-c5nc(-c6ccccc6)cc(-c6ccc(-c7ccc8c(c7)c7ccccc7n8-c7ccccc7)cc6)n5)ccc43)n2)cc1. The van der Waals surface area contributed by atoms with E-state index in [1.807, 2.05) is 0 Å². The standard InChI is InChI=1S/C88H56N6/c1-5-19-57(20-6-1)77-53-79(59-37-33-55(34-38-59)61-43-47-83-73(49-61)67-27-15-17-31-81(67)93(83)65-23-9-3-10-24-65)91-87(89-77)63-41-45-71-75(51-63)85-69-29-13-14-30-70(69)86(71)76-52-64(42-46-72(76)85)88-90-78(58-21-7-2-8-22-58)54-80(92-88)60-39-35-56(36-40-60)62-44-48-84-74(50-62)68-28-16-18-32-82(68)94(84)66-25-11-4-12-26-66/h1-54,85-86H/t85-,86?/m1/s1. The summed E-state index contributed by atoms with van der Waals surface area (Å²) in [6, 6.07) is 118. The Morgan fingerprint density at radius 2 is 0.489 bits per heavy atom. The van der Waals surface area contributed by atoms with E-state index < -0.39 is 0 Å². The quantitative estimate of drug-likeness (QED) is 0.137. The number of hydrogen-bond acceptors (Lipinski definition) is 4. The number of rotatable bonds is 10. The van der Waals surface area contributed by atoms with Crippen molar-refractivity contribution in [3.05, 3.63) is 361 Å². The molecule has 0 saturated carbocycles. The van der Waals surface area contributed by atoms with Crippen molar-refractivity contribution in [2.45, 2.75) is 11.8 Å². The molecule has 2 atom stereocenters. The molecule has 3 aliphatic carbocycles. The average Bonchev–Trinajstić information content (AvgIpc) is 0.915. The van der Waals surface area contributed by atoms with Crippen molar-refractivity contribution in [1.82, 2.24) is 29.1 Å². The highest BCUT2D eigenvalue weighted by atomic mass is 15.0. The molecule has 20 rings (SSSR count). The summed E-state index contributed by atoms with van der Waals surface area (Å²) in [6.45, 7) is 0. The fourth-order valence-corrected chi connectivity index (χ4v) is 15.1. The number of aromatic nitrogens is 6. The molecule has 0 spiro atoms. The average molecular weight is 1200 g/mol. The molecular formula is C88H56N6. The van der Waals surface area contributed by atoms with Crippen LogP contribution < -0.4 is 0 Å². The van der Waals surface area contributed by atoms with E-state index in [4.69, 9.17) is 19.9 Å². The highest BCUT2D eigenvalue weighted by Crippen LogP contribution is 2.57. The second-order valence-electron chi connectivity index (χ2n) is 24.8. The van der Waals surface area contributed by atoms with E-state index in [1.54, 1.807) is 0 Å². The molecule has 0 aliphatic heterocycles. The minimum Gasteiger partial charge on any atom is -0.309 e. The Morgan fingerprint density at radius 3 is 0.894 bits per heavy atom. The van der Waals surface area contributed by atoms with Gasteiger partial charge in [-0.05, 0) is 141 Å². The van der Waals surface area contributed by atoms with Gasteiger partial charge in [-0.2, -0.15) is 0 Å². The third-order valence-corrected chi connectivity index (χ3v) is 19.5. The van der Waals surface area contributed by atoms with E-state index in [9.17, 15) is 0 Å². The molecule has 0 amide bonds. The lowest BCUT2D eigenvalue weighted by atomic mass is 9.61. The van der Waals surface area contributed by atoms with Crippen LogP contribution in [0.15, 0.2) is 328 Å². The number of para-hydroxylation sites is 4. The van der Waals surface area contributed by atoms with Gasteiger partial charge in [-0.1, -0.05) is 243 Å². The highest BCUT2D eigenvalue weighted by molar-refractivity contribution is 6.12. The van der Waals surface area contributed by atoms with Crippen molar-refractivity contribution >= 4 is 43.6 Å². The maximum absolute atomic E-state index is 5.43. The maximum Gasteiger partial charge on any atom is 0.160 e. The van der Waals surface area contributed by atoms with Crippen LogP contribution in [0.4, 0.5) is 0 Å². The van der Waals surface area contributed by atoms with Crippen LogP contribution in [0.5, 0.6) is 0 Å². The van der Waals surface area contributed by atoms with Gasteiger partial charge in [0.15, 0.2) is 11.6 Å². The van der Waals surface area contributed by atoms with Gasteiger partial charge < -0.3 is 9.13 Å². The molecule has 2 bridgehead atoms. The second kappa shape index (κ2) is 21.7. The Labute approximate surface area is 543 Å². The van der Waals surface area contributed by atoms with Crippen molar-refractivity contribution in [3.8, 4) is 101 Å². The van der Waals surface area contributed by atoms with Gasteiger partial charge in [0, 0.05) is 78.1 Å². The topological polar surface area (TPSA) is 61.4 Å². The van der Waals surface area contributed by atoms with Crippen LogP contribution >= 0.6 is 0 Å². The predicted octanol–water partition coefficient (Wildman–Crippen LogP) is 21.8.